The van der Waals surface area contributed by atoms with Crippen LogP contribution in [0.15, 0.2) is 72.9 Å². The number of hydrogen-bond acceptors (Lipinski definition) is 9. The van der Waals surface area contributed by atoms with Gasteiger partial charge in [0.1, 0.15) is 11.5 Å². The summed E-state index contributed by atoms with van der Waals surface area (Å²) in [6.45, 7) is 5.76. The standard InChI is InChI=1S/C41H49N7O7/c1-27(2)32-25-33(36(50)26-35(32)49)39-43-44-40(53)48(39)31-14-15-34-29(24-31)19-23-46(34)20-16-28-17-21-47(22-18-28)41(54)55-45-38(52)13-9-4-3-8-12-37(51)42-30-10-6-5-7-11-30/h5-7,10-11,14-15,19,23-28,49-50H,3-4,8-9,12-13,16-18,20-22H2,1-2H3,(H,42,51)(H,44,53)(H,45,52). The fraction of sp³-hybridized carbons (Fsp3) is 0.390. The Balaban J connectivity index is 0.915. The number of phenols is 2. The van der Waals surface area contributed by atoms with Gasteiger partial charge < -0.3 is 34.9 Å². The monoisotopic (exact) mass is 751 g/mol. The molecule has 0 bridgehead atoms. The topological polar surface area (TPSA) is 184 Å². The van der Waals surface area contributed by atoms with Crippen molar-refractivity contribution in [2.24, 2.45) is 5.92 Å². The van der Waals surface area contributed by atoms with E-state index < -0.39 is 6.09 Å². The Morgan fingerprint density at radius 2 is 1.58 bits per heavy atom. The average Bonchev–Trinajstić information content (AvgIpc) is 3.77. The lowest BCUT2D eigenvalue weighted by molar-refractivity contribution is -0.130. The zero-order valence-corrected chi connectivity index (χ0v) is 31.3. The minimum atomic E-state index is -0.549. The predicted octanol–water partition coefficient (Wildman–Crippen LogP) is 7.38. The van der Waals surface area contributed by atoms with E-state index in [1.165, 1.54) is 10.6 Å². The molecule has 3 aromatic carbocycles. The van der Waals surface area contributed by atoms with Crippen LogP contribution in [0.5, 0.6) is 17.5 Å². The zero-order chi connectivity index (χ0) is 38.9. The number of aromatic nitrogens is 4. The first kappa shape index (κ1) is 38.7. The number of hydroxylamine groups is 1. The number of benzene rings is 3. The van der Waals surface area contributed by atoms with Crippen molar-refractivity contribution >= 4 is 34.5 Å². The number of piperidine rings is 1. The second kappa shape index (κ2) is 17.9. The van der Waals surface area contributed by atoms with Gasteiger partial charge in [-0.25, -0.2) is 9.36 Å². The number of nitrogens with zero attached hydrogens (tertiary/aromatic N) is 5. The van der Waals surface area contributed by atoms with Crippen molar-refractivity contribution in [1.29, 1.82) is 0 Å². The number of carbonyl (C=O) groups excluding carboxylic acids is 3. The predicted molar refractivity (Wildman–Crippen MR) is 208 cm³/mol. The van der Waals surface area contributed by atoms with Crippen LogP contribution in [-0.4, -0.2) is 70.5 Å². The number of rotatable bonds is 14. The van der Waals surface area contributed by atoms with Gasteiger partial charge in [0.05, 0.1) is 11.3 Å². The highest BCUT2D eigenvalue weighted by atomic mass is 16.7. The number of aromatic hydroxyl groups is 3. The van der Waals surface area contributed by atoms with Gasteiger partial charge in [-0.2, -0.15) is 5.48 Å². The Labute approximate surface area is 319 Å². The van der Waals surface area contributed by atoms with Gasteiger partial charge in [0.15, 0.2) is 5.82 Å². The van der Waals surface area contributed by atoms with E-state index in [4.69, 9.17) is 4.84 Å². The maximum atomic E-state index is 12.6. The number of carbonyl (C=O) groups is 3. The van der Waals surface area contributed by atoms with Crippen molar-refractivity contribution < 1.29 is 34.5 Å². The van der Waals surface area contributed by atoms with Crippen LogP contribution in [0, 0.1) is 5.92 Å². The molecule has 0 radical (unpaired) electrons. The largest absolute Gasteiger partial charge is 0.508 e. The first-order valence-corrected chi connectivity index (χ1v) is 19.0. The third-order valence-electron chi connectivity index (χ3n) is 10.2. The van der Waals surface area contributed by atoms with Gasteiger partial charge in [-0.1, -0.05) is 50.0 Å². The highest BCUT2D eigenvalue weighted by Gasteiger charge is 2.25. The molecule has 2 aromatic heterocycles. The van der Waals surface area contributed by atoms with Crippen LogP contribution in [0.2, 0.25) is 0 Å². The number of amides is 3. The second-order valence-electron chi connectivity index (χ2n) is 14.4. The molecule has 0 atom stereocenters. The van der Waals surface area contributed by atoms with E-state index in [0.29, 0.717) is 48.7 Å². The maximum absolute atomic E-state index is 12.6. The minimum Gasteiger partial charge on any atom is -0.508 e. The molecule has 0 saturated carbocycles. The van der Waals surface area contributed by atoms with E-state index in [1.807, 2.05) is 74.6 Å². The van der Waals surface area contributed by atoms with Crippen molar-refractivity contribution in [1.82, 2.24) is 29.7 Å². The maximum Gasteiger partial charge on any atom is 0.434 e. The van der Waals surface area contributed by atoms with Crippen LogP contribution in [0.25, 0.3) is 28.0 Å². The number of para-hydroxylation sites is 1. The quantitative estimate of drug-likeness (QED) is 0.0571. The van der Waals surface area contributed by atoms with Crippen molar-refractivity contribution in [3.8, 4) is 34.6 Å². The number of aryl methyl sites for hydroxylation is 1. The summed E-state index contributed by atoms with van der Waals surface area (Å²) >= 11 is 0. The van der Waals surface area contributed by atoms with Crippen LogP contribution < -0.4 is 10.8 Å². The molecule has 0 aliphatic carbocycles. The molecule has 1 saturated heterocycles. The number of nitrogens with one attached hydrogen (secondary N) is 2. The zero-order valence-electron chi connectivity index (χ0n) is 31.3. The molecule has 5 aromatic rings. The highest BCUT2D eigenvalue weighted by Crippen LogP contribution is 2.39. The van der Waals surface area contributed by atoms with E-state index in [2.05, 4.69) is 25.6 Å². The van der Waals surface area contributed by atoms with Crippen LogP contribution in [0.4, 0.5) is 10.5 Å². The summed E-state index contributed by atoms with van der Waals surface area (Å²) in [5.41, 5.74) is 5.70. The first-order chi connectivity index (χ1) is 26.6. The van der Waals surface area contributed by atoms with E-state index in [-0.39, 0.29) is 47.5 Å². The summed E-state index contributed by atoms with van der Waals surface area (Å²) in [6.07, 6.45) is 7.75. The lowest BCUT2D eigenvalue weighted by Crippen LogP contribution is -2.42. The molecular formula is C41H49N7O7. The van der Waals surface area contributed by atoms with E-state index in [1.54, 1.807) is 11.0 Å². The molecule has 0 spiro atoms. The third kappa shape index (κ3) is 9.74. The van der Waals surface area contributed by atoms with Gasteiger partial charge >= 0.3 is 12.1 Å². The molecule has 14 nitrogen and oxygen atoms in total. The molecule has 5 N–H and O–H groups in total. The fourth-order valence-corrected chi connectivity index (χ4v) is 7.06. The van der Waals surface area contributed by atoms with Crippen molar-refractivity contribution in [3.63, 3.8) is 0 Å². The smallest absolute Gasteiger partial charge is 0.434 e. The molecule has 6 rings (SSSR count). The number of phenolic OH excluding ortho intramolecular Hbond substituents is 2. The number of unbranched alkanes of at least 4 members (excludes halogenated alkanes) is 3. The SMILES string of the molecule is CC(C)c1cc(-c2nnc(O)n2-c2ccc3c(ccn3CCC3CCN(C(=O)ONC(=O)CCCCCCC(=O)Nc4ccccc4)CC3)c2)c(O)cc1O. The lowest BCUT2D eigenvalue weighted by atomic mass is 9.94. The normalized spacial score (nSPS) is 13.3. The van der Waals surface area contributed by atoms with Crippen LogP contribution in [0.1, 0.15) is 83.1 Å². The van der Waals surface area contributed by atoms with Gasteiger partial charge in [-0.15, -0.1) is 5.10 Å². The van der Waals surface area contributed by atoms with Gasteiger partial charge in [-0.3, -0.25) is 9.59 Å². The molecule has 0 unspecified atom stereocenters. The number of hydrogen-bond donors (Lipinski definition) is 5. The summed E-state index contributed by atoms with van der Waals surface area (Å²) in [5, 5.41) is 43.5. The summed E-state index contributed by atoms with van der Waals surface area (Å²) in [4.78, 5) is 43.6. The molecule has 3 amide bonds. The molecule has 1 aliphatic heterocycles. The molecule has 1 aliphatic rings. The summed E-state index contributed by atoms with van der Waals surface area (Å²) in [7, 11) is 0. The summed E-state index contributed by atoms with van der Waals surface area (Å²) < 4.78 is 3.66. The van der Waals surface area contributed by atoms with Gasteiger partial charge in [0, 0.05) is 61.3 Å². The molecule has 3 heterocycles. The van der Waals surface area contributed by atoms with Gasteiger partial charge in [0.25, 0.3) is 5.91 Å². The van der Waals surface area contributed by atoms with Crippen LogP contribution in [-0.2, 0) is 21.0 Å². The van der Waals surface area contributed by atoms with Crippen LogP contribution in [0.3, 0.4) is 0 Å². The minimum absolute atomic E-state index is 0.00371. The Morgan fingerprint density at radius 3 is 2.31 bits per heavy atom. The Hall–Kier alpha value is -6.05. The molecule has 290 valence electrons. The fourth-order valence-electron chi connectivity index (χ4n) is 7.06. The summed E-state index contributed by atoms with van der Waals surface area (Å²) in [6, 6.07) is 19.7. The average molecular weight is 752 g/mol. The first-order valence-electron chi connectivity index (χ1n) is 19.0. The third-order valence-corrected chi connectivity index (χ3v) is 10.2. The van der Waals surface area contributed by atoms with E-state index in [9.17, 15) is 29.7 Å². The lowest BCUT2D eigenvalue weighted by Gasteiger charge is -2.31. The Bertz CT molecular complexity index is 2100. The Kier molecular flexibility index (Phi) is 12.5. The molecule has 55 heavy (non-hydrogen) atoms. The van der Waals surface area contributed by atoms with Gasteiger partial charge in [-0.05, 0) is 92.0 Å². The van der Waals surface area contributed by atoms with Crippen molar-refractivity contribution in [2.45, 2.75) is 84.1 Å². The number of fused-ring (bicyclic) bond motifs is 1. The van der Waals surface area contributed by atoms with Gasteiger partial charge in [0.2, 0.25) is 5.91 Å². The molecular weight excluding hydrogens is 702 g/mol. The van der Waals surface area contributed by atoms with Crippen molar-refractivity contribution in [3.05, 3.63) is 78.5 Å². The number of likely N-dealkylation sites (tertiary alicyclic amines) is 1. The molecule has 14 heteroatoms. The van der Waals surface area contributed by atoms with Crippen molar-refractivity contribution in [2.75, 3.05) is 18.4 Å². The highest BCUT2D eigenvalue weighted by molar-refractivity contribution is 5.90. The summed E-state index contributed by atoms with van der Waals surface area (Å²) in [5.74, 6) is 0.118. The second-order valence-corrected chi connectivity index (χ2v) is 14.4. The van der Waals surface area contributed by atoms with E-state index >= 15 is 0 Å². The molecule has 1 fully saturated rings. The van der Waals surface area contributed by atoms with E-state index in [0.717, 1.165) is 61.7 Å². The Morgan fingerprint density at radius 1 is 0.855 bits per heavy atom. The van der Waals surface area contributed by atoms with Crippen LogP contribution >= 0.6 is 0 Å². The number of anilines is 1.